The summed E-state index contributed by atoms with van der Waals surface area (Å²) in [7, 11) is 5.91. The molecule has 1 fully saturated rings. The van der Waals surface area contributed by atoms with E-state index in [-0.39, 0.29) is 0 Å². The first-order valence-electron chi connectivity index (χ1n) is 6.42. The molecule has 4 nitrogen and oxygen atoms in total. The van der Waals surface area contributed by atoms with Gasteiger partial charge in [0, 0.05) is 30.8 Å². The van der Waals surface area contributed by atoms with Crippen LogP contribution in [0.2, 0.25) is 0 Å². The Morgan fingerprint density at radius 2 is 2.21 bits per heavy atom. The molecule has 1 unspecified atom stereocenters. The zero-order chi connectivity index (χ0) is 14.0. The average molecular weight is 279 g/mol. The molecule has 1 aliphatic rings. The van der Waals surface area contributed by atoms with Gasteiger partial charge in [0.15, 0.2) is 0 Å². The van der Waals surface area contributed by atoms with Gasteiger partial charge in [0.05, 0.1) is 12.8 Å². The molecule has 1 aliphatic heterocycles. The molecule has 19 heavy (non-hydrogen) atoms. The minimum absolute atomic E-state index is 0.436. The lowest BCUT2D eigenvalue weighted by Crippen LogP contribution is -2.32. The predicted molar refractivity (Wildman–Crippen MR) is 83.2 cm³/mol. The Bertz CT molecular complexity index is 476. The quantitative estimate of drug-likeness (QED) is 0.845. The smallest absolute Gasteiger partial charge is 0.120 e. The van der Waals surface area contributed by atoms with Crippen molar-refractivity contribution < 1.29 is 4.74 Å². The number of nitrogens with zero attached hydrogens (tertiary/aromatic N) is 2. The van der Waals surface area contributed by atoms with Crippen molar-refractivity contribution in [3.63, 3.8) is 0 Å². The molecule has 0 spiro atoms. The van der Waals surface area contributed by atoms with Gasteiger partial charge >= 0.3 is 0 Å². The third-order valence-corrected chi connectivity index (χ3v) is 3.92. The van der Waals surface area contributed by atoms with E-state index >= 15 is 0 Å². The maximum absolute atomic E-state index is 5.82. The topological polar surface area (TPSA) is 41.7 Å². The number of anilines is 1. The Morgan fingerprint density at radius 1 is 1.47 bits per heavy atom. The Kier molecular flexibility index (Phi) is 4.27. The number of methoxy groups -OCH3 is 1. The lowest BCUT2D eigenvalue weighted by Gasteiger charge is -2.24. The molecule has 1 aromatic rings. The molecule has 1 heterocycles. The number of benzene rings is 1. The van der Waals surface area contributed by atoms with E-state index in [1.165, 1.54) is 0 Å². The van der Waals surface area contributed by atoms with E-state index in [1.807, 2.05) is 18.2 Å². The molecule has 1 aromatic carbocycles. The van der Waals surface area contributed by atoms with Crippen LogP contribution in [0.4, 0.5) is 5.69 Å². The van der Waals surface area contributed by atoms with Gasteiger partial charge in [0.25, 0.3) is 0 Å². The minimum atomic E-state index is 0.436. The van der Waals surface area contributed by atoms with Crippen molar-refractivity contribution in [1.82, 2.24) is 4.90 Å². The van der Waals surface area contributed by atoms with Crippen molar-refractivity contribution in [3.8, 4) is 5.75 Å². The summed E-state index contributed by atoms with van der Waals surface area (Å²) in [4.78, 5) is 5.04. The molecule has 1 saturated heterocycles. The summed E-state index contributed by atoms with van der Waals surface area (Å²) in [5.74, 6) is 0.836. The van der Waals surface area contributed by atoms with Crippen LogP contribution < -0.4 is 15.4 Å². The van der Waals surface area contributed by atoms with Crippen molar-refractivity contribution in [3.05, 3.63) is 23.8 Å². The van der Waals surface area contributed by atoms with E-state index in [9.17, 15) is 0 Å². The lowest BCUT2D eigenvalue weighted by atomic mass is 10.1. The van der Waals surface area contributed by atoms with E-state index in [0.717, 1.165) is 36.5 Å². The van der Waals surface area contributed by atoms with Crippen LogP contribution in [0.25, 0.3) is 0 Å². The first kappa shape index (κ1) is 14.1. The summed E-state index contributed by atoms with van der Waals surface area (Å²) in [5.41, 5.74) is 7.83. The number of hydrogen-bond donors (Lipinski definition) is 1. The van der Waals surface area contributed by atoms with Crippen LogP contribution in [0, 0.1) is 0 Å². The molecule has 2 rings (SSSR count). The predicted octanol–water partition coefficient (Wildman–Crippen LogP) is 1.47. The molecular formula is C14H21N3OS. The van der Waals surface area contributed by atoms with Crippen LogP contribution >= 0.6 is 12.2 Å². The second kappa shape index (κ2) is 5.75. The highest BCUT2D eigenvalue weighted by Gasteiger charge is 2.26. The summed E-state index contributed by atoms with van der Waals surface area (Å²) in [5, 5.41) is 0. The van der Waals surface area contributed by atoms with Gasteiger partial charge in [0.2, 0.25) is 0 Å². The highest BCUT2D eigenvalue weighted by Crippen LogP contribution is 2.29. The molecular weight excluding hydrogens is 258 g/mol. The van der Waals surface area contributed by atoms with E-state index in [2.05, 4.69) is 23.9 Å². The van der Waals surface area contributed by atoms with E-state index in [4.69, 9.17) is 22.7 Å². The molecule has 0 aromatic heterocycles. The zero-order valence-electron chi connectivity index (χ0n) is 11.7. The summed E-state index contributed by atoms with van der Waals surface area (Å²) in [6.45, 7) is 2.02. The number of likely N-dealkylation sites (N-methyl/N-ethyl adjacent to an activating group) is 1. The largest absolute Gasteiger partial charge is 0.497 e. The molecule has 104 valence electrons. The maximum atomic E-state index is 5.82. The van der Waals surface area contributed by atoms with Crippen LogP contribution in [0.5, 0.6) is 5.75 Å². The van der Waals surface area contributed by atoms with Gasteiger partial charge < -0.3 is 20.3 Å². The fraction of sp³-hybridized carbons (Fsp3) is 0.500. The van der Waals surface area contributed by atoms with Gasteiger partial charge in [0.1, 0.15) is 10.7 Å². The van der Waals surface area contributed by atoms with Crippen molar-refractivity contribution in [2.75, 3.05) is 39.2 Å². The summed E-state index contributed by atoms with van der Waals surface area (Å²) >= 11 is 5.15. The molecule has 1 atom stereocenters. The molecule has 0 saturated carbocycles. The minimum Gasteiger partial charge on any atom is -0.497 e. The molecule has 0 bridgehead atoms. The average Bonchev–Trinajstić information content (AvgIpc) is 2.87. The fourth-order valence-electron chi connectivity index (χ4n) is 2.49. The third kappa shape index (κ3) is 2.98. The Labute approximate surface area is 120 Å². The summed E-state index contributed by atoms with van der Waals surface area (Å²) in [6, 6.07) is 6.44. The van der Waals surface area contributed by atoms with Crippen molar-refractivity contribution in [2.45, 2.75) is 12.5 Å². The summed E-state index contributed by atoms with van der Waals surface area (Å²) < 4.78 is 5.30. The molecule has 5 heteroatoms. The normalized spacial score (nSPS) is 18.9. The highest BCUT2D eigenvalue weighted by atomic mass is 32.1. The number of rotatable bonds is 4. The molecule has 0 amide bonds. The zero-order valence-corrected chi connectivity index (χ0v) is 12.5. The van der Waals surface area contributed by atoms with Crippen LogP contribution in [0.3, 0.4) is 0 Å². The number of hydrogen-bond acceptors (Lipinski definition) is 4. The molecule has 0 radical (unpaired) electrons. The van der Waals surface area contributed by atoms with Gasteiger partial charge in [-0.05, 0) is 32.6 Å². The molecule has 0 aliphatic carbocycles. The number of thiocarbonyl (C=S) groups is 1. The monoisotopic (exact) mass is 279 g/mol. The SMILES string of the molecule is COc1ccc(C(N)=S)c(N2CCC(N(C)C)C2)c1. The van der Waals surface area contributed by atoms with Crippen LogP contribution in [-0.4, -0.2) is 50.2 Å². The van der Waals surface area contributed by atoms with Crippen LogP contribution in [0.1, 0.15) is 12.0 Å². The molecule has 2 N–H and O–H groups in total. The Hall–Kier alpha value is -1.33. The Morgan fingerprint density at radius 3 is 2.74 bits per heavy atom. The number of ether oxygens (including phenoxy) is 1. The van der Waals surface area contributed by atoms with E-state index in [0.29, 0.717) is 11.0 Å². The first-order chi connectivity index (χ1) is 9.02. The van der Waals surface area contributed by atoms with Crippen molar-refractivity contribution >= 4 is 22.9 Å². The maximum Gasteiger partial charge on any atom is 0.120 e. The number of nitrogens with two attached hydrogens (primary N) is 1. The highest BCUT2D eigenvalue weighted by molar-refractivity contribution is 7.80. The Balaban J connectivity index is 2.30. The van der Waals surface area contributed by atoms with Gasteiger partial charge in [-0.3, -0.25) is 0 Å². The second-order valence-corrected chi connectivity index (χ2v) is 5.54. The standard InChI is InChI=1S/C14H21N3OS/c1-16(2)10-6-7-17(9-10)13-8-11(18-3)4-5-12(13)14(15)19/h4-5,8,10H,6-7,9H2,1-3H3,(H2,15,19). The van der Waals surface area contributed by atoms with E-state index < -0.39 is 0 Å². The van der Waals surface area contributed by atoms with Crippen molar-refractivity contribution in [2.24, 2.45) is 5.73 Å². The third-order valence-electron chi connectivity index (χ3n) is 3.70. The lowest BCUT2D eigenvalue weighted by molar-refractivity contribution is 0.315. The van der Waals surface area contributed by atoms with E-state index in [1.54, 1.807) is 7.11 Å². The van der Waals surface area contributed by atoms with Gasteiger partial charge in [-0.2, -0.15) is 0 Å². The second-order valence-electron chi connectivity index (χ2n) is 5.10. The first-order valence-corrected chi connectivity index (χ1v) is 6.83. The van der Waals surface area contributed by atoms with Gasteiger partial charge in [-0.1, -0.05) is 12.2 Å². The summed E-state index contributed by atoms with van der Waals surface area (Å²) in [6.07, 6.45) is 1.15. The van der Waals surface area contributed by atoms with Crippen LogP contribution in [-0.2, 0) is 0 Å². The van der Waals surface area contributed by atoms with Gasteiger partial charge in [-0.25, -0.2) is 0 Å². The van der Waals surface area contributed by atoms with Gasteiger partial charge in [-0.15, -0.1) is 0 Å². The van der Waals surface area contributed by atoms with Crippen LogP contribution in [0.15, 0.2) is 18.2 Å². The van der Waals surface area contributed by atoms with Crippen molar-refractivity contribution in [1.29, 1.82) is 0 Å². The fourth-order valence-corrected chi connectivity index (χ4v) is 2.66.